The van der Waals surface area contributed by atoms with Crippen LogP contribution < -0.4 is 5.32 Å². The quantitative estimate of drug-likeness (QED) is 0.663. The fraction of sp³-hybridized carbons (Fsp3) is 1.00. The van der Waals surface area contributed by atoms with Gasteiger partial charge >= 0.3 is 0 Å². The first-order valence-electron chi connectivity index (χ1n) is 7.64. The van der Waals surface area contributed by atoms with Gasteiger partial charge in [-0.25, -0.2) is 0 Å². The smallest absolute Gasteiger partial charge is 0.0446 e. The molecule has 1 unspecified atom stereocenters. The zero-order valence-corrected chi connectivity index (χ0v) is 11.8. The normalized spacial score (nSPS) is 24.3. The zero-order valence-electron chi connectivity index (χ0n) is 11.8. The minimum atomic E-state index is 0.295. The molecule has 0 amide bonds. The van der Waals surface area contributed by atoms with Gasteiger partial charge in [0.15, 0.2) is 0 Å². The van der Waals surface area contributed by atoms with Gasteiger partial charge in [0, 0.05) is 51.4 Å². The monoisotopic (exact) mass is 255 g/mol. The van der Waals surface area contributed by atoms with Gasteiger partial charge < -0.3 is 10.4 Å². The van der Waals surface area contributed by atoms with Gasteiger partial charge in [0.05, 0.1) is 0 Å². The highest BCUT2D eigenvalue weighted by atomic mass is 16.3. The summed E-state index contributed by atoms with van der Waals surface area (Å²) in [5.74, 6) is 0. The molecule has 1 aliphatic carbocycles. The Labute approximate surface area is 111 Å². The molecule has 0 radical (unpaired) electrons. The van der Waals surface area contributed by atoms with Crippen molar-refractivity contribution in [2.24, 2.45) is 0 Å². The fourth-order valence-electron chi connectivity index (χ4n) is 2.82. The van der Waals surface area contributed by atoms with Gasteiger partial charge in [-0.1, -0.05) is 6.92 Å². The average molecular weight is 255 g/mol. The molecule has 2 fully saturated rings. The van der Waals surface area contributed by atoms with Crippen molar-refractivity contribution in [1.29, 1.82) is 0 Å². The molecule has 106 valence electrons. The van der Waals surface area contributed by atoms with Gasteiger partial charge in [0.2, 0.25) is 0 Å². The highest BCUT2D eigenvalue weighted by Crippen LogP contribution is 2.27. The molecule has 1 saturated carbocycles. The maximum atomic E-state index is 9.12. The summed E-state index contributed by atoms with van der Waals surface area (Å²) in [5.41, 5.74) is 0. The van der Waals surface area contributed by atoms with E-state index in [-0.39, 0.29) is 0 Å². The standard InChI is InChI=1S/C14H29N3O/c1-2-6-15-13(5-11-18)12-16-7-9-17(10-8-16)14-3-4-14/h13-15,18H,2-12H2,1H3. The molecule has 4 nitrogen and oxygen atoms in total. The molecule has 1 heterocycles. The van der Waals surface area contributed by atoms with Crippen molar-refractivity contribution < 1.29 is 5.11 Å². The summed E-state index contributed by atoms with van der Waals surface area (Å²) in [7, 11) is 0. The number of aliphatic hydroxyl groups is 1. The van der Waals surface area contributed by atoms with E-state index in [2.05, 4.69) is 22.0 Å². The van der Waals surface area contributed by atoms with Crippen molar-refractivity contribution in [2.45, 2.75) is 44.7 Å². The lowest BCUT2D eigenvalue weighted by Crippen LogP contribution is -2.51. The topological polar surface area (TPSA) is 38.7 Å². The molecule has 1 atom stereocenters. The molecular formula is C14H29N3O. The third-order valence-corrected chi connectivity index (χ3v) is 4.11. The Kier molecular flexibility index (Phi) is 5.89. The van der Waals surface area contributed by atoms with E-state index in [1.807, 2.05) is 0 Å². The fourth-order valence-corrected chi connectivity index (χ4v) is 2.82. The van der Waals surface area contributed by atoms with Crippen molar-refractivity contribution in [3.05, 3.63) is 0 Å². The predicted molar refractivity (Wildman–Crippen MR) is 74.8 cm³/mol. The highest BCUT2D eigenvalue weighted by Gasteiger charge is 2.31. The molecule has 2 rings (SSSR count). The van der Waals surface area contributed by atoms with Crippen LogP contribution in [0.4, 0.5) is 0 Å². The van der Waals surface area contributed by atoms with Crippen LogP contribution >= 0.6 is 0 Å². The largest absolute Gasteiger partial charge is 0.396 e. The second-order valence-corrected chi connectivity index (χ2v) is 5.73. The lowest BCUT2D eigenvalue weighted by Gasteiger charge is -2.36. The Hall–Kier alpha value is -0.160. The molecule has 1 saturated heterocycles. The lowest BCUT2D eigenvalue weighted by atomic mass is 10.1. The van der Waals surface area contributed by atoms with Crippen LogP contribution in [0.5, 0.6) is 0 Å². The Bertz CT molecular complexity index is 225. The summed E-state index contributed by atoms with van der Waals surface area (Å²) in [4.78, 5) is 5.21. The minimum absolute atomic E-state index is 0.295. The SMILES string of the molecule is CCCNC(CCO)CN1CCN(C2CC2)CC1. The van der Waals surface area contributed by atoms with Gasteiger partial charge in [-0.3, -0.25) is 9.80 Å². The van der Waals surface area contributed by atoms with Crippen molar-refractivity contribution in [1.82, 2.24) is 15.1 Å². The first-order chi connectivity index (χ1) is 8.83. The van der Waals surface area contributed by atoms with E-state index in [1.54, 1.807) is 0 Å². The van der Waals surface area contributed by atoms with Crippen LogP contribution in [0.1, 0.15) is 32.6 Å². The van der Waals surface area contributed by atoms with Crippen molar-refractivity contribution in [2.75, 3.05) is 45.9 Å². The second-order valence-electron chi connectivity index (χ2n) is 5.73. The Morgan fingerprint density at radius 3 is 2.50 bits per heavy atom. The summed E-state index contributed by atoms with van der Waals surface area (Å²) in [6.45, 7) is 9.53. The summed E-state index contributed by atoms with van der Waals surface area (Å²) >= 11 is 0. The maximum absolute atomic E-state index is 9.12. The van der Waals surface area contributed by atoms with E-state index < -0.39 is 0 Å². The number of aliphatic hydroxyl groups excluding tert-OH is 1. The van der Waals surface area contributed by atoms with E-state index in [1.165, 1.54) is 39.0 Å². The number of rotatable bonds is 8. The molecule has 0 aromatic heterocycles. The van der Waals surface area contributed by atoms with Gasteiger partial charge in [0.1, 0.15) is 0 Å². The molecule has 0 aromatic carbocycles. The van der Waals surface area contributed by atoms with Crippen molar-refractivity contribution in [3.63, 3.8) is 0 Å². The number of piperazine rings is 1. The number of hydrogen-bond donors (Lipinski definition) is 2. The molecule has 18 heavy (non-hydrogen) atoms. The molecule has 4 heteroatoms. The van der Waals surface area contributed by atoms with E-state index in [9.17, 15) is 0 Å². The summed E-state index contributed by atoms with van der Waals surface area (Å²) in [5, 5.41) is 12.7. The van der Waals surface area contributed by atoms with E-state index in [4.69, 9.17) is 5.11 Å². The van der Waals surface area contributed by atoms with Crippen LogP contribution in [0, 0.1) is 0 Å². The van der Waals surface area contributed by atoms with Crippen LogP contribution in [-0.2, 0) is 0 Å². The van der Waals surface area contributed by atoms with E-state index >= 15 is 0 Å². The Morgan fingerprint density at radius 1 is 1.22 bits per heavy atom. The Balaban J connectivity index is 1.66. The molecule has 0 bridgehead atoms. The molecule has 2 N–H and O–H groups in total. The lowest BCUT2D eigenvalue weighted by molar-refractivity contribution is 0.113. The summed E-state index contributed by atoms with van der Waals surface area (Å²) < 4.78 is 0. The van der Waals surface area contributed by atoms with Gasteiger partial charge in [-0.2, -0.15) is 0 Å². The summed E-state index contributed by atoms with van der Waals surface area (Å²) in [6.07, 6.45) is 4.89. The maximum Gasteiger partial charge on any atom is 0.0446 e. The van der Waals surface area contributed by atoms with Crippen LogP contribution in [0.25, 0.3) is 0 Å². The first kappa shape index (κ1) is 14.3. The van der Waals surface area contributed by atoms with E-state index in [0.29, 0.717) is 12.6 Å². The van der Waals surface area contributed by atoms with Gasteiger partial charge in [-0.15, -0.1) is 0 Å². The third-order valence-electron chi connectivity index (χ3n) is 4.11. The van der Waals surface area contributed by atoms with Gasteiger partial charge in [-0.05, 0) is 32.2 Å². The highest BCUT2D eigenvalue weighted by molar-refractivity contribution is 4.88. The predicted octanol–water partition coefficient (Wildman–Crippen LogP) is 0.517. The van der Waals surface area contributed by atoms with Crippen molar-refractivity contribution >= 4 is 0 Å². The van der Waals surface area contributed by atoms with Crippen LogP contribution in [-0.4, -0.2) is 72.9 Å². The number of nitrogens with zero attached hydrogens (tertiary/aromatic N) is 2. The average Bonchev–Trinajstić information content (AvgIpc) is 3.21. The molecule has 2 aliphatic rings. The zero-order chi connectivity index (χ0) is 12.8. The molecule has 0 aromatic rings. The second kappa shape index (κ2) is 7.43. The molecule has 1 aliphatic heterocycles. The molecule has 0 spiro atoms. The number of nitrogens with one attached hydrogen (secondary N) is 1. The van der Waals surface area contributed by atoms with Crippen LogP contribution in [0.3, 0.4) is 0 Å². The number of hydrogen-bond acceptors (Lipinski definition) is 4. The van der Waals surface area contributed by atoms with Crippen molar-refractivity contribution in [3.8, 4) is 0 Å². The molecular weight excluding hydrogens is 226 g/mol. The van der Waals surface area contributed by atoms with E-state index in [0.717, 1.165) is 32.0 Å². The minimum Gasteiger partial charge on any atom is -0.396 e. The van der Waals surface area contributed by atoms with Crippen LogP contribution in [0.15, 0.2) is 0 Å². The summed E-state index contributed by atoms with van der Waals surface area (Å²) in [6, 6.07) is 1.38. The first-order valence-corrected chi connectivity index (χ1v) is 7.64. The Morgan fingerprint density at radius 2 is 1.94 bits per heavy atom. The third kappa shape index (κ3) is 4.50. The van der Waals surface area contributed by atoms with Crippen LogP contribution in [0.2, 0.25) is 0 Å². The van der Waals surface area contributed by atoms with Gasteiger partial charge in [0.25, 0.3) is 0 Å².